The van der Waals surface area contributed by atoms with Crippen LogP contribution in [0.3, 0.4) is 0 Å². The average molecular weight is 260 g/mol. The van der Waals surface area contributed by atoms with Gasteiger partial charge in [0.05, 0.1) is 10.9 Å². The molecular formula is C9H8BrClN2. The third-order valence-corrected chi connectivity index (χ3v) is 3.00. The molecule has 0 fully saturated rings. The molecule has 1 aromatic heterocycles. The second kappa shape index (κ2) is 3.31. The standard InChI is InChI=1S/C9H8BrClN2/c1-2-13-9(11)8-6(10)4-3-5-7(8)12-13/h3-5H,2H2,1H3. The van der Waals surface area contributed by atoms with E-state index in [2.05, 4.69) is 21.0 Å². The minimum Gasteiger partial charge on any atom is -0.253 e. The summed E-state index contributed by atoms with van der Waals surface area (Å²) in [5, 5.41) is 6.04. The van der Waals surface area contributed by atoms with E-state index in [-0.39, 0.29) is 0 Å². The van der Waals surface area contributed by atoms with Crippen LogP contribution in [0.2, 0.25) is 5.15 Å². The van der Waals surface area contributed by atoms with E-state index in [4.69, 9.17) is 11.6 Å². The molecule has 0 N–H and O–H groups in total. The second-order valence-corrected chi connectivity index (χ2v) is 3.95. The van der Waals surface area contributed by atoms with E-state index in [1.54, 1.807) is 4.68 Å². The fourth-order valence-corrected chi connectivity index (χ4v) is 2.33. The van der Waals surface area contributed by atoms with Crippen molar-refractivity contribution in [2.75, 3.05) is 0 Å². The first-order valence-electron chi connectivity index (χ1n) is 4.04. The SMILES string of the molecule is CCn1nc2cccc(Br)c2c1Cl. The molecule has 13 heavy (non-hydrogen) atoms. The molecule has 0 spiro atoms. The molecule has 1 heterocycles. The third kappa shape index (κ3) is 1.36. The van der Waals surface area contributed by atoms with Crippen molar-refractivity contribution in [1.29, 1.82) is 0 Å². The summed E-state index contributed by atoms with van der Waals surface area (Å²) < 4.78 is 2.78. The number of halogens is 2. The van der Waals surface area contributed by atoms with E-state index in [0.717, 1.165) is 21.9 Å². The van der Waals surface area contributed by atoms with Crippen LogP contribution < -0.4 is 0 Å². The molecule has 0 radical (unpaired) electrons. The number of fused-ring (bicyclic) bond motifs is 1. The van der Waals surface area contributed by atoms with Gasteiger partial charge in [-0.3, -0.25) is 4.68 Å². The van der Waals surface area contributed by atoms with Crippen LogP contribution >= 0.6 is 27.5 Å². The summed E-state index contributed by atoms with van der Waals surface area (Å²) in [6, 6.07) is 5.88. The lowest BCUT2D eigenvalue weighted by Gasteiger charge is -1.95. The van der Waals surface area contributed by atoms with Gasteiger partial charge in [0, 0.05) is 11.0 Å². The van der Waals surface area contributed by atoms with Gasteiger partial charge in [0.1, 0.15) is 5.15 Å². The monoisotopic (exact) mass is 258 g/mol. The lowest BCUT2D eigenvalue weighted by Crippen LogP contribution is -1.94. The van der Waals surface area contributed by atoms with Crippen LogP contribution in [0.25, 0.3) is 10.9 Å². The molecule has 4 heteroatoms. The van der Waals surface area contributed by atoms with Crippen molar-refractivity contribution in [3.63, 3.8) is 0 Å². The Bertz CT molecular complexity index is 450. The maximum Gasteiger partial charge on any atom is 0.136 e. The molecule has 0 unspecified atom stereocenters. The van der Waals surface area contributed by atoms with Crippen molar-refractivity contribution in [3.8, 4) is 0 Å². The molecule has 0 aliphatic carbocycles. The Balaban J connectivity index is 2.85. The van der Waals surface area contributed by atoms with Gasteiger partial charge >= 0.3 is 0 Å². The Morgan fingerprint density at radius 2 is 2.31 bits per heavy atom. The Morgan fingerprint density at radius 3 is 2.92 bits per heavy atom. The minimum absolute atomic E-state index is 0.699. The summed E-state index contributed by atoms with van der Waals surface area (Å²) >= 11 is 9.59. The third-order valence-electron chi connectivity index (χ3n) is 1.95. The number of hydrogen-bond acceptors (Lipinski definition) is 1. The molecule has 2 aromatic rings. The van der Waals surface area contributed by atoms with Crippen molar-refractivity contribution in [3.05, 3.63) is 27.8 Å². The van der Waals surface area contributed by atoms with Crippen molar-refractivity contribution in [2.45, 2.75) is 13.5 Å². The first kappa shape index (κ1) is 9.03. The van der Waals surface area contributed by atoms with Gasteiger partial charge in [0.15, 0.2) is 0 Å². The lowest BCUT2D eigenvalue weighted by atomic mass is 10.3. The largest absolute Gasteiger partial charge is 0.253 e. The maximum absolute atomic E-state index is 6.13. The van der Waals surface area contributed by atoms with Crippen molar-refractivity contribution < 1.29 is 0 Å². The minimum atomic E-state index is 0.699. The van der Waals surface area contributed by atoms with Crippen LogP contribution in [0.1, 0.15) is 6.92 Å². The van der Waals surface area contributed by atoms with E-state index >= 15 is 0 Å². The van der Waals surface area contributed by atoms with Gasteiger partial charge < -0.3 is 0 Å². The zero-order chi connectivity index (χ0) is 9.42. The maximum atomic E-state index is 6.13. The van der Waals surface area contributed by atoms with Crippen LogP contribution in [-0.2, 0) is 6.54 Å². The zero-order valence-corrected chi connectivity index (χ0v) is 9.43. The molecule has 0 aliphatic heterocycles. The van der Waals surface area contributed by atoms with Crippen molar-refractivity contribution in [2.24, 2.45) is 0 Å². The summed E-state index contributed by atoms with van der Waals surface area (Å²) in [6.45, 7) is 2.81. The highest BCUT2D eigenvalue weighted by molar-refractivity contribution is 9.10. The molecule has 1 aromatic carbocycles. The van der Waals surface area contributed by atoms with Crippen LogP contribution in [0, 0.1) is 0 Å². The molecule has 0 bridgehead atoms. The number of rotatable bonds is 1. The molecule has 0 aliphatic rings. The molecule has 68 valence electrons. The topological polar surface area (TPSA) is 17.8 Å². The van der Waals surface area contributed by atoms with E-state index < -0.39 is 0 Å². The summed E-state index contributed by atoms with van der Waals surface area (Å²) in [6.07, 6.45) is 0. The Labute approximate surface area is 89.6 Å². The van der Waals surface area contributed by atoms with Crippen LogP contribution in [0.5, 0.6) is 0 Å². The number of nitrogens with zero attached hydrogens (tertiary/aromatic N) is 2. The Hall–Kier alpha value is -0.540. The Kier molecular flexibility index (Phi) is 2.30. The highest BCUT2D eigenvalue weighted by atomic mass is 79.9. The predicted molar refractivity (Wildman–Crippen MR) is 58.1 cm³/mol. The average Bonchev–Trinajstić information content (AvgIpc) is 2.44. The van der Waals surface area contributed by atoms with Gasteiger partial charge in [-0.1, -0.05) is 17.7 Å². The lowest BCUT2D eigenvalue weighted by molar-refractivity contribution is 0.669. The van der Waals surface area contributed by atoms with E-state index in [9.17, 15) is 0 Å². The summed E-state index contributed by atoms with van der Waals surface area (Å²) in [4.78, 5) is 0. The van der Waals surface area contributed by atoms with Gasteiger partial charge in [-0.05, 0) is 35.0 Å². The normalized spacial score (nSPS) is 11.0. The van der Waals surface area contributed by atoms with Crippen molar-refractivity contribution >= 4 is 38.4 Å². The van der Waals surface area contributed by atoms with Crippen LogP contribution in [0.4, 0.5) is 0 Å². The molecule has 2 nitrogen and oxygen atoms in total. The number of benzene rings is 1. The van der Waals surface area contributed by atoms with E-state index in [1.807, 2.05) is 25.1 Å². The molecular weight excluding hydrogens is 251 g/mol. The van der Waals surface area contributed by atoms with Crippen LogP contribution in [-0.4, -0.2) is 9.78 Å². The first-order chi connectivity index (χ1) is 6.24. The molecule has 0 saturated heterocycles. The predicted octanol–water partition coefficient (Wildman–Crippen LogP) is 3.47. The van der Waals surface area contributed by atoms with Gasteiger partial charge in [-0.25, -0.2) is 0 Å². The summed E-state index contributed by atoms with van der Waals surface area (Å²) in [7, 11) is 0. The molecule has 2 rings (SSSR count). The van der Waals surface area contributed by atoms with Crippen LogP contribution in [0.15, 0.2) is 22.7 Å². The zero-order valence-electron chi connectivity index (χ0n) is 7.09. The smallest absolute Gasteiger partial charge is 0.136 e. The van der Waals surface area contributed by atoms with Gasteiger partial charge in [-0.15, -0.1) is 0 Å². The van der Waals surface area contributed by atoms with E-state index in [1.165, 1.54) is 0 Å². The Morgan fingerprint density at radius 1 is 1.54 bits per heavy atom. The van der Waals surface area contributed by atoms with Crippen molar-refractivity contribution in [1.82, 2.24) is 9.78 Å². The summed E-state index contributed by atoms with van der Waals surface area (Å²) in [5.41, 5.74) is 0.932. The van der Waals surface area contributed by atoms with Gasteiger partial charge in [0.25, 0.3) is 0 Å². The van der Waals surface area contributed by atoms with Gasteiger partial charge in [0.2, 0.25) is 0 Å². The van der Waals surface area contributed by atoms with Gasteiger partial charge in [-0.2, -0.15) is 5.10 Å². The fraction of sp³-hybridized carbons (Fsp3) is 0.222. The molecule has 0 atom stereocenters. The number of aryl methyl sites for hydroxylation is 1. The first-order valence-corrected chi connectivity index (χ1v) is 5.21. The highest BCUT2D eigenvalue weighted by Crippen LogP contribution is 2.29. The molecule has 0 saturated carbocycles. The molecule has 0 amide bonds. The van der Waals surface area contributed by atoms with E-state index in [0.29, 0.717) is 5.15 Å². The number of hydrogen-bond donors (Lipinski definition) is 0. The fourth-order valence-electron chi connectivity index (χ4n) is 1.31. The summed E-state index contributed by atoms with van der Waals surface area (Å²) in [5.74, 6) is 0. The highest BCUT2D eigenvalue weighted by Gasteiger charge is 2.09. The number of aromatic nitrogens is 2. The second-order valence-electron chi connectivity index (χ2n) is 2.74. The quantitative estimate of drug-likeness (QED) is 0.767.